The number of carbonyl (C=O) groups excluding carboxylic acids is 1. The van der Waals surface area contributed by atoms with Gasteiger partial charge in [-0.25, -0.2) is 4.79 Å². The third kappa shape index (κ3) is 6.61. The number of amides is 1. The molecule has 10 heteroatoms. The number of aliphatic hydroxyl groups excluding tert-OH is 1. The number of aromatic hydroxyl groups is 1. The number of fused-ring (bicyclic) bond motifs is 2. The number of hydrogen-bond donors (Lipinski definition) is 7. The number of benzene rings is 3. The highest BCUT2D eigenvalue weighted by molar-refractivity contribution is 5.94. The quantitative estimate of drug-likeness (QED) is 0.118. The van der Waals surface area contributed by atoms with Gasteiger partial charge in [-0.15, -0.1) is 0 Å². The Morgan fingerprint density at radius 3 is 2.63 bits per heavy atom. The fourth-order valence-corrected chi connectivity index (χ4v) is 5.75. The molecule has 10 nitrogen and oxygen atoms in total. The van der Waals surface area contributed by atoms with Crippen molar-refractivity contribution in [1.29, 1.82) is 0 Å². The molecule has 0 spiro atoms. The maximum atomic E-state index is 12.8. The molecule has 0 aliphatic heterocycles. The molecule has 1 amide bonds. The molecule has 1 heterocycles. The number of phenolic OH excluding ortho intramolecular Hbond substituents is 1. The number of rotatable bonds is 13. The van der Waals surface area contributed by atoms with Crippen LogP contribution in [0.3, 0.4) is 0 Å². The average Bonchev–Trinajstić information content (AvgIpc) is 3.40. The number of phenols is 1. The molecule has 3 aromatic carbocycles. The summed E-state index contributed by atoms with van der Waals surface area (Å²) >= 11 is 0. The predicted molar refractivity (Wildman–Crippen MR) is 163 cm³/mol. The van der Waals surface area contributed by atoms with Gasteiger partial charge in [-0.1, -0.05) is 42.5 Å². The lowest BCUT2D eigenvalue weighted by Crippen LogP contribution is -2.47. The lowest BCUT2D eigenvalue weighted by Gasteiger charge is -2.27. The molecule has 43 heavy (non-hydrogen) atoms. The van der Waals surface area contributed by atoms with Crippen molar-refractivity contribution in [1.82, 2.24) is 20.9 Å². The molecular formula is C33H36N4O6. The first-order valence-electron chi connectivity index (χ1n) is 14.5. The van der Waals surface area contributed by atoms with Gasteiger partial charge in [-0.05, 0) is 78.7 Å². The van der Waals surface area contributed by atoms with Crippen molar-refractivity contribution in [2.24, 2.45) is 0 Å². The van der Waals surface area contributed by atoms with E-state index in [9.17, 15) is 29.7 Å². The fourth-order valence-electron chi connectivity index (χ4n) is 5.75. The number of hydrogen-bond acceptors (Lipinski definition) is 7. The molecule has 0 fully saturated rings. The van der Waals surface area contributed by atoms with Gasteiger partial charge in [0.25, 0.3) is 5.91 Å². The Kier molecular flexibility index (Phi) is 9.20. The number of carbonyl (C=O) groups is 2. The molecule has 2 atom stereocenters. The van der Waals surface area contributed by atoms with Gasteiger partial charge in [0.1, 0.15) is 11.3 Å². The van der Waals surface area contributed by atoms with E-state index < -0.39 is 17.6 Å². The topological polar surface area (TPSA) is 164 Å². The van der Waals surface area contributed by atoms with Gasteiger partial charge >= 0.3 is 5.97 Å². The Morgan fingerprint density at radius 2 is 1.79 bits per heavy atom. The zero-order chi connectivity index (χ0) is 30.4. The molecule has 0 saturated carbocycles. The second-order valence-electron chi connectivity index (χ2n) is 10.9. The van der Waals surface area contributed by atoms with Crippen LogP contribution in [0.25, 0.3) is 10.9 Å². The average molecular weight is 585 g/mol. The summed E-state index contributed by atoms with van der Waals surface area (Å²) in [6.45, 7) is 1.73. The van der Waals surface area contributed by atoms with Crippen LogP contribution in [-0.4, -0.2) is 51.8 Å². The number of carboxylic acid groups (broad SMARTS) is 1. The SMILES string of the molecule is O=C(NCCCCNC[C@H](O)c1ccc(O)c2[nH]c(=O)ccc12)c1cccc(CNC2(C(=O)O)CCc3ccccc32)c1. The summed E-state index contributed by atoms with van der Waals surface area (Å²) in [5.74, 6) is -1.15. The molecule has 0 saturated heterocycles. The first-order chi connectivity index (χ1) is 20.8. The van der Waals surface area contributed by atoms with E-state index in [-0.39, 0.29) is 17.2 Å². The van der Waals surface area contributed by atoms with Gasteiger partial charge in [-0.3, -0.25) is 14.9 Å². The van der Waals surface area contributed by atoms with Crippen LogP contribution in [0.15, 0.2) is 77.6 Å². The molecule has 5 rings (SSSR count). The van der Waals surface area contributed by atoms with Gasteiger partial charge < -0.3 is 30.9 Å². The summed E-state index contributed by atoms with van der Waals surface area (Å²) in [5, 5.41) is 40.7. The predicted octanol–water partition coefficient (Wildman–Crippen LogP) is 3.08. The van der Waals surface area contributed by atoms with E-state index in [2.05, 4.69) is 20.9 Å². The van der Waals surface area contributed by atoms with E-state index in [1.54, 1.807) is 30.3 Å². The maximum Gasteiger partial charge on any atom is 0.328 e. The van der Waals surface area contributed by atoms with Crippen molar-refractivity contribution in [2.75, 3.05) is 19.6 Å². The van der Waals surface area contributed by atoms with Crippen LogP contribution in [0.5, 0.6) is 5.75 Å². The van der Waals surface area contributed by atoms with Crippen molar-refractivity contribution in [2.45, 2.75) is 43.9 Å². The Labute approximate surface area is 248 Å². The Morgan fingerprint density at radius 1 is 0.977 bits per heavy atom. The highest BCUT2D eigenvalue weighted by Crippen LogP contribution is 2.37. The summed E-state index contributed by atoms with van der Waals surface area (Å²) in [6.07, 6.45) is 1.86. The molecule has 0 radical (unpaired) electrons. The van der Waals surface area contributed by atoms with Crippen molar-refractivity contribution in [3.63, 3.8) is 0 Å². The summed E-state index contributed by atoms with van der Waals surface area (Å²) in [4.78, 5) is 39.3. The standard InChI is InChI=1S/C33H36N4O6/c38-27-12-10-24(25-11-13-29(40)37-30(25)27)28(39)20-34-16-3-4-17-35-31(41)23-8-5-6-21(18-23)19-36-33(32(42)43)15-14-22-7-1-2-9-26(22)33/h1-2,5-13,18,28,34,36,38-39H,3-4,14-17,19-20H2,(H,35,41)(H,37,40)(H,42,43)/t28-,33?/m0/s1. The summed E-state index contributed by atoms with van der Waals surface area (Å²) in [5.41, 5.74) is 2.61. The first kappa shape index (κ1) is 30.0. The van der Waals surface area contributed by atoms with Gasteiger partial charge in [0.05, 0.1) is 11.6 Å². The van der Waals surface area contributed by atoms with Crippen molar-refractivity contribution in [3.8, 4) is 5.75 Å². The number of unbranched alkanes of at least 4 members (excludes halogenated alkanes) is 1. The van der Waals surface area contributed by atoms with E-state index in [1.807, 2.05) is 30.3 Å². The molecule has 224 valence electrons. The first-order valence-corrected chi connectivity index (χ1v) is 14.5. The monoisotopic (exact) mass is 584 g/mol. The number of aromatic nitrogens is 1. The van der Waals surface area contributed by atoms with Crippen molar-refractivity contribution >= 4 is 22.8 Å². The van der Waals surface area contributed by atoms with E-state index in [1.165, 1.54) is 12.1 Å². The fraction of sp³-hybridized carbons (Fsp3) is 0.303. The second kappa shape index (κ2) is 13.2. The Bertz CT molecular complexity index is 1690. The van der Waals surface area contributed by atoms with E-state index in [0.29, 0.717) is 61.1 Å². The molecule has 0 bridgehead atoms. The van der Waals surface area contributed by atoms with Crippen LogP contribution >= 0.6 is 0 Å². The smallest absolute Gasteiger partial charge is 0.328 e. The number of aliphatic carboxylic acids is 1. The van der Waals surface area contributed by atoms with Gasteiger partial charge in [0.15, 0.2) is 0 Å². The van der Waals surface area contributed by atoms with Crippen LogP contribution in [-0.2, 0) is 23.3 Å². The zero-order valence-electron chi connectivity index (χ0n) is 23.7. The van der Waals surface area contributed by atoms with Crippen molar-refractivity contribution < 1.29 is 24.9 Å². The number of aliphatic hydroxyl groups is 1. The Balaban J connectivity index is 1.05. The number of aryl methyl sites for hydroxylation is 1. The molecule has 1 aromatic heterocycles. The van der Waals surface area contributed by atoms with E-state index in [4.69, 9.17) is 0 Å². The normalized spacial score (nSPS) is 16.6. The van der Waals surface area contributed by atoms with Gasteiger partial charge in [0, 0.05) is 36.7 Å². The van der Waals surface area contributed by atoms with E-state index >= 15 is 0 Å². The minimum Gasteiger partial charge on any atom is -0.506 e. The number of pyridine rings is 1. The summed E-state index contributed by atoms with van der Waals surface area (Å²) < 4.78 is 0. The lowest BCUT2D eigenvalue weighted by atomic mass is 9.91. The maximum absolute atomic E-state index is 12.8. The molecule has 1 aliphatic rings. The number of nitrogens with one attached hydrogen (secondary N) is 4. The largest absolute Gasteiger partial charge is 0.506 e. The van der Waals surface area contributed by atoms with E-state index in [0.717, 1.165) is 29.5 Å². The molecule has 4 aromatic rings. The second-order valence-corrected chi connectivity index (χ2v) is 10.9. The highest BCUT2D eigenvalue weighted by atomic mass is 16.4. The van der Waals surface area contributed by atoms with Crippen LogP contribution in [0.4, 0.5) is 0 Å². The summed E-state index contributed by atoms with van der Waals surface area (Å²) in [6, 6.07) is 20.8. The van der Waals surface area contributed by atoms with Crippen molar-refractivity contribution in [3.05, 3.63) is 111 Å². The minimum absolute atomic E-state index is 0.0520. The Hall–Kier alpha value is -4.51. The van der Waals surface area contributed by atoms with Gasteiger partial charge in [0.2, 0.25) is 5.56 Å². The summed E-state index contributed by atoms with van der Waals surface area (Å²) in [7, 11) is 0. The van der Waals surface area contributed by atoms with Crippen LogP contribution in [0.1, 0.15) is 58.0 Å². The third-order valence-corrected chi connectivity index (χ3v) is 8.06. The molecule has 7 N–H and O–H groups in total. The number of H-pyrrole nitrogens is 1. The van der Waals surface area contributed by atoms with Gasteiger partial charge in [-0.2, -0.15) is 0 Å². The lowest BCUT2D eigenvalue weighted by molar-refractivity contribution is -0.145. The third-order valence-electron chi connectivity index (χ3n) is 8.06. The van der Waals surface area contributed by atoms with Crippen LogP contribution in [0, 0.1) is 0 Å². The number of carboxylic acids is 1. The molecular weight excluding hydrogens is 548 g/mol. The number of aromatic amines is 1. The molecule has 1 aliphatic carbocycles. The van der Waals surface area contributed by atoms with Crippen LogP contribution in [0.2, 0.25) is 0 Å². The molecule has 1 unspecified atom stereocenters. The van der Waals surface area contributed by atoms with Crippen LogP contribution < -0.4 is 21.5 Å². The highest BCUT2D eigenvalue weighted by Gasteiger charge is 2.45. The minimum atomic E-state index is -1.14. The zero-order valence-corrected chi connectivity index (χ0v) is 23.7.